The Labute approximate surface area is 147 Å². The average molecular weight is 357 g/mol. The summed E-state index contributed by atoms with van der Waals surface area (Å²) < 4.78 is 1.54. The zero-order valence-electron chi connectivity index (χ0n) is 12.8. The van der Waals surface area contributed by atoms with E-state index in [9.17, 15) is 0 Å². The number of halogens is 1. The van der Waals surface area contributed by atoms with Crippen molar-refractivity contribution in [3.8, 4) is 5.95 Å². The fourth-order valence-electron chi connectivity index (χ4n) is 2.39. The van der Waals surface area contributed by atoms with Crippen LogP contribution in [0.15, 0.2) is 43.0 Å². The lowest BCUT2D eigenvalue weighted by molar-refractivity contribution is 0.815. The van der Waals surface area contributed by atoms with Crippen LogP contribution in [0.5, 0.6) is 0 Å². The molecule has 3 heterocycles. The van der Waals surface area contributed by atoms with Crippen LogP contribution in [-0.2, 0) is 6.54 Å². The average Bonchev–Trinajstić information content (AvgIpc) is 3.23. The summed E-state index contributed by atoms with van der Waals surface area (Å²) in [5.41, 5.74) is 1.16. The first-order valence-corrected chi connectivity index (χ1v) is 8.51. The van der Waals surface area contributed by atoms with Crippen molar-refractivity contribution in [3.05, 3.63) is 58.4 Å². The van der Waals surface area contributed by atoms with E-state index in [1.54, 1.807) is 17.7 Å². The molecule has 0 aliphatic carbocycles. The SMILES string of the molecule is Cc1sc2nc(-n3cncn3)nc(NCc3ccccc3)c2c1Cl. The standard InChI is InChI=1S/C16H13ClN6S/c1-10-13(17)12-14(19-7-11-5-3-2-4-6-11)21-16(22-15(12)24-10)23-9-18-8-20-23/h2-6,8-9H,7H2,1H3,(H,19,21,22). The van der Waals surface area contributed by atoms with Crippen LogP contribution in [0.4, 0.5) is 5.82 Å². The van der Waals surface area contributed by atoms with Gasteiger partial charge in [-0.2, -0.15) is 19.7 Å². The second-order valence-corrected chi connectivity index (χ2v) is 6.78. The lowest BCUT2D eigenvalue weighted by atomic mass is 10.2. The minimum absolute atomic E-state index is 0.466. The van der Waals surface area contributed by atoms with Gasteiger partial charge in [-0.25, -0.2) is 4.98 Å². The van der Waals surface area contributed by atoms with Crippen LogP contribution in [0.1, 0.15) is 10.4 Å². The van der Waals surface area contributed by atoms with Crippen LogP contribution in [0.25, 0.3) is 16.2 Å². The van der Waals surface area contributed by atoms with E-state index in [1.807, 2.05) is 25.1 Å². The van der Waals surface area contributed by atoms with Crippen LogP contribution in [0.3, 0.4) is 0 Å². The zero-order chi connectivity index (χ0) is 16.5. The molecule has 6 nitrogen and oxygen atoms in total. The summed E-state index contributed by atoms with van der Waals surface area (Å²) in [6.45, 7) is 2.62. The van der Waals surface area contributed by atoms with Gasteiger partial charge in [-0.3, -0.25) is 0 Å². The molecule has 0 bridgehead atoms. The van der Waals surface area contributed by atoms with Crippen molar-refractivity contribution in [1.82, 2.24) is 24.7 Å². The molecule has 0 amide bonds. The summed E-state index contributed by atoms with van der Waals surface area (Å²) in [7, 11) is 0. The first-order chi connectivity index (χ1) is 11.7. The van der Waals surface area contributed by atoms with Crippen LogP contribution in [0.2, 0.25) is 5.02 Å². The molecular formula is C16H13ClN6S. The molecule has 0 aliphatic rings. The highest BCUT2D eigenvalue weighted by Gasteiger charge is 2.17. The van der Waals surface area contributed by atoms with Crippen molar-refractivity contribution in [2.45, 2.75) is 13.5 Å². The molecule has 8 heteroatoms. The molecule has 0 aliphatic heterocycles. The Hall–Kier alpha value is -2.51. The minimum atomic E-state index is 0.466. The first-order valence-electron chi connectivity index (χ1n) is 7.32. The highest BCUT2D eigenvalue weighted by molar-refractivity contribution is 7.19. The molecule has 4 aromatic rings. The highest BCUT2D eigenvalue weighted by Crippen LogP contribution is 2.37. The van der Waals surface area contributed by atoms with E-state index in [1.165, 1.54) is 11.0 Å². The predicted molar refractivity (Wildman–Crippen MR) is 95.8 cm³/mol. The third-order valence-corrected chi connectivity index (χ3v) is 5.15. The molecule has 3 aromatic heterocycles. The third kappa shape index (κ3) is 2.72. The molecular weight excluding hydrogens is 344 g/mol. The number of hydrogen-bond donors (Lipinski definition) is 1. The van der Waals surface area contributed by atoms with E-state index in [-0.39, 0.29) is 0 Å². The topological polar surface area (TPSA) is 68.5 Å². The molecule has 0 fully saturated rings. The van der Waals surface area contributed by atoms with Crippen LogP contribution in [0, 0.1) is 6.92 Å². The third-order valence-electron chi connectivity index (χ3n) is 3.57. The van der Waals surface area contributed by atoms with E-state index in [0.717, 1.165) is 20.7 Å². The fraction of sp³-hybridized carbons (Fsp3) is 0.125. The molecule has 1 N–H and O–H groups in total. The van der Waals surface area contributed by atoms with Gasteiger partial charge < -0.3 is 5.32 Å². The number of hydrogen-bond acceptors (Lipinski definition) is 6. The molecule has 4 rings (SSSR count). The van der Waals surface area contributed by atoms with Crippen molar-refractivity contribution in [2.75, 3.05) is 5.32 Å². The highest BCUT2D eigenvalue weighted by atomic mass is 35.5. The van der Waals surface area contributed by atoms with Crippen LogP contribution >= 0.6 is 22.9 Å². The molecule has 0 unspecified atom stereocenters. The van der Waals surface area contributed by atoms with E-state index in [2.05, 4.69) is 37.5 Å². The zero-order valence-corrected chi connectivity index (χ0v) is 14.3. The second kappa shape index (κ2) is 6.18. The first kappa shape index (κ1) is 15.0. The quantitative estimate of drug-likeness (QED) is 0.601. The van der Waals surface area contributed by atoms with Gasteiger partial charge in [-0.1, -0.05) is 41.9 Å². The Bertz CT molecular complexity index is 981. The van der Waals surface area contributed by atoms with Gasteiger partial charge in [0.05, 0.1) is 10.4 Å². The number of aromatic nitrogens is 5. The molecule has 0 saturated carbocycles. The monoisotopic (exact) mass is 356 g/mol. The van der Waals surface area contributed by atoms with Crippen molar-refractivity contribution in [1.29, 1.82) is 0 Å². The predicted octanol–water partition coefficient (Wildman–Crippen LogP) is 3.85. The van der Waals surface area contributed by atoms with Crippen molar-refractivity contribution < 1.29 is 0 Å². The summed E-state index contributed by atoms with van der Waals surface area (Å²) >= 11 is 8.00. The van der Waals surface area contributed by atoms with E-state index >= 15 is 0 Å². The minimum Gasteiger partial charge on any atom is -0.365 e. The van der Waals surface area contributed by atoms with E-state index < -0.39 is 0 Å². The summed E-state index contributed by atoms with van der Waals surface area (Å²) in [6, 6.07) is 10.1. The van der Waals surface area contributed by atoms with Crippen molar-refractivity contribution >= 4 is 39.0 Å². The molecule has 0 spiro atoms. The number of aryl methyl sites for hydroxylation is 1. The lowest BCUT2D eigenvalue weighted by Crippen LogP contribution is -2.07. The van der Waals surface area contributed by atoms with Gasteiger partial charge in [0.15, 0.2) is 0 Å². The summed E-state index contributed by atoms with van der Waals surface area (Å²) in [4.78, 5) is 14.9. The summed E-state index contributed by atoms with van der Waals surface area (Å²) in [5, 5.41) is 9.01. The largest absolute Gasteiger partial charge is 0.365 e. The second-order valence-electron chi connectivity index (χ2n) is 5.20. The fourth-order valence-corrected chi connectivity index (χ4v) is 3.65. The smallest absolute Gasteiger partial charge is 0.255 e. The number of nitrogens with one attached hydrogen (secondary N) is 1. The molecule has 0 saturated heterocycles. The Morgan fingerprint density at radius 1 is 1.21 bits per heavy atom. The Morgan fingerprint density at radius 3 is 2.79 bits per heavy atom. The molecule has 24 heavy (non-hydrogen) atoms. The Morgan fingerprint density at radius 2 is 2.04 bits per heavy atom. The number of rotatable bonds is 4. The Balaban J connectivity index is 1.79. The van der Waals surface area contributed by atoms with E-state index in [4.69, 9.17) is 11.6 Å². The van der Waals surface area contributed by atoms with Gasteiger partial charge in [-0.05, 0) is 12.5 Å². The molecule has 120 valence electrons. The number of benzene rings is 1. The summed E-state index contributed by atoms with van der Waals surface area (Å²) in [6.07, 6.45) is 3.03. The van der Waals surface area contributed by atoms with Crippen LogP contribution < -0.4 is 5.32 Å². The van der Waals surface area contributed by atoms with Gasteiger partial charge in [0.25, 0.3) is 5.95 Å². The number of thiophene rings is 1. The van der Waals surface area contributed by atoms with Crippen LogP contribution in [-0.4, -0.2) is 24.7 Å². The van der Waals surface area contributed by atoms with Gasteiger partial charge >= 0.3 is 0 Å². The summed E-state index contributed by atoms with van der Waals surface area (Å²) in [5.74, 6) is 1.16. The maximum Gasteiger partial charge on any atom is 0.255 e. The maximum atomic E-state index is 6.46. The van der Waals surface area contributed by atoms with E-state index in [0.29, 0.717) is 23.3 Å². The van der Waals surface area contributed by atoms with Gasteiger partial charge in [-0.15, -0.1) is 11.3 Å². The van der Waals surface area contributed by atoms with Gasteiger partial charge in [0.1, 0.15) is 23.3 Å². The number of nitrogens with zero attached hydrogens (tertiary/aromatic N) is 5. The number of anilines is 1. The normalized spacial score (nSPS) is 11.1. The van der Waals surface area contributed by atoms with Gasteiger partial charge in [0, 0.05) is 11.4 Å². The lowest BCUT2D eigenvalue weighted by Gasteiger charge is -2.09. The Kier molecular flexibility index (Phi) is 3.87. The molecule has 0 atom stereocenters. The molecule has 1 aromatic carbocycles. The van der Waals surface area contributed by atoms with Crippen molar-refractivity contribution in [3.63, 3.8) is 0 Å². The molecule has 0 radical (unpaired) electrons. The maximum absolute atomic E-state index is 6.46. The van der Waals surface area contributed by atoms with Crippen molar-refractivity contribution in [2.24, 2.45) is 0 Å². The van der Waals surface area contributed by atoms with Gasteiger partial charge in [0.2, 0.25) is 0 Å². The number of fused-ring (bicyclic) bond motifs is 1.